The van der Waals surface area contributed by atoms with Crippen LogP contribution in [-0.2, 0) is 6.54 Å². The number of amides is 1. The van der Waals surface area contributed by atoms with Gasteiger partial charge >= 0.3 is 0 Å². The predicted octanol–water partition coefficient (Wildman–Crippen LogP) is 2.12. The predicted molar refractivity (Wildman–Crippen MR) is 102 cm³/mol. The van der Waals surface area contributed by atoms with E-state index in [1.165, 1.54) is 22.2 Å². The summed E-state index contributed by atoms with van der Waals surface area (Å²) in [5, 5.41) is 20.4. The van der Waals surface area contributed by atoms with Gasteiger partial charge in [-0.05, 0) is 6.07 Å². The van der Waals surface area contributed by atoms with Crippen LogP contribution in [0.3, 0.4) is 0 Å². The van der Waals surface area contributed by atoms with E-state index in [9.17, 15) is 4.79 Å². The molecule has 0 radical (unpaired) electrons. The summed E-state index contributed by atoms with van der Waals surface area (Å²) in [5.74, 6) is 0.151. The highest BCUT2D eigenvalue weighted by molar-refractivity contribution is 7.14. The number of nitrogens with zero attached hydrogens (tertiary/aromatic N) is 6. The number of pyridine rings is 1. The summed E-state index contributed by atoms with van der Waals surface area (Å²) in [7, 11) is 1.54. The fourth-order valence-corrected chi connectivity index (χ4v) is 3.18. The van der Waals surface area contributed by atoms with Crippen molar-refractivity contribution < 1.29 is 9.53 Å². The summed E-state index contributed by atoms with van der Waals surface area (Å²) in [6, 6.07) is 13.2. The van der Waals surface area contributed by atoms with Crippen LogP contribution in [0, 0.1) is 0 Å². The van der Waals surface area contributed by atoms with Crippen molar-refractivity contribution in [3.8, 4) is 22.1 Å². The molecule has 0 bridgehead atoms. The smallest absolute Gasteiger partial charge is 0.273 e. The van der Waals surface area contributed by atoms with Crippen LogP contribution in [0.25, 0.3) is 16.3 Å². The van der Waals surface area contributed by atoms with Gasteiger partial charge in [-0.25, -0.2) is 9.67 Å². The van der Waals surface area contributed by atoms with Crippen LogP contribution < -0.4 is 10.1 Å². The van der Waals surface area contributed by atoms with E-state index in [0.717, 1.165) is 10.6 Å². The van der Waals surface area contributed by atoms with Crippen molar-refractivity contribution in [1.29, 1.82) is 0 Å². The maximum Gasteiger partial charge on any atom is 0.273 e. The molecule has 0 aliphatic rings. The monoisotopic (exact) mass is 393 g/mol. The molecule has 0 atom stereocenters. The van der Waals surface area contributed by atoms with Crippen molar-refractivity contribution in [2.24, 2.45) is 0 Å². The van der Waals surface area contributed by atoms with Gasteiger partial charge in [0.2, 0.25) is 5.88 Å². The minimum atomic E-state index is -0.343. The lowest BCUT2D eigenvalue weighted by molar-refractivity contribution is 0.0945. The number of carbonyl (C=O) groups is 1. The summed E-state index contributed by atoms with van der Waals surface area (Å²) in [4.78, 5) is 16.4. The Labute approximate surface area is 164 Å². The van der Waals surface area contributed by atoms with E-state index >= 15 is 0 Å². The van der Waals surface area contributed by atoms with Crippen LogP contribution in [-0.4, -0.2) is 43.2 Å². The Kier molecular flexibility index (Phi) is 5.02. The van der Waals surface area contributed by atoms with Gasteiger partial charge in [0.15, 0.2) is 5.69 Å². The number of rotatable bonds is 6. The molecule has 4 aromatic rings. The minimum Gasteiger partial charge on any atom is -0.481 e. The van der Waals surface area contributed by atoms with Crippen LogP contribution in [0.4, 0.5) is 0 Å². The number of carbonyl (C=O) groups excluding carboxylic acids is 1. The highest BCUT2D eigenvalue weighted by atomic mass is 32.1. The van der Waals surface area contributed by atoms with E-state index in [-0.39, 0.29) is 18.1 Å². The van der Waals surface area contributed by atoms with Gasteiger partial charge in [-0.3, -0.25) is 4.79 Å². The molecule has 9 nitrogen and oxygen atoms in total. The van der Waals surface area contributed by atoms with E-state index < -0.39 is 0 Å². The zero-order chi connectivity index (χ0) is 19.3. The van der Waals surface area contributed by atoms with Crippen LogP contribution >= 0.6 is 11.3 Å². The van der Waals surface area contributed by atoms with Gasteiger partial charge in [-0.15, -0.1) is 15.3 Å². The molecule has 0 saturated carbocycles. The maximum atomic E-state index is 12.3. The van der Waals surface area contributed by atoms with Crippen molar-refractivity contribution in [1.82, 2.24) is 35.5 Å². The van der Waals surface area contributed by atoms with Crippen molar-refractivity contribution >= 4 is 17.2 Å². The maximum absolute atomic E-state index is 12.3. The van der Waals surface area contributed by atoms with Crippen molar-refractivity contribution in [3.63, 3.8) is 0 Å². The van der Waals surface area contributed by atoms with Crippen LogP contribution in [0.1, 0.15) is 15.5 Å². The Morgan fingerprint density at radius 1 is 1.14 bits per heavy atom. The van der Waals surface area contributed by atoms with Gasteiger partial charge < -0.3 is 10.1 Å². The highest BCUT2D eigenvalue weighted by Gasteiger charge is 2.13. The standard InChI is InChI=1S/C18H15N7O2S/c1-27-15-8-7-13(9-19-15)25-11-14(21-24-25)17(26)20-10-16-22-23-18(28-16)12-5-3-2-4-6-12/h2-9,11H,10H2,1H3,(H,20,26). The van der Waals surface area contributed by atoms with E-state index in [2.05, 4.69) is 30.8 Å². The van der Waals surface area contributed by atoms with Crippen molar-refractivity contribution in [2.75, 3.05) is 7.11 Å². The topological polar surface area (TPSA) is 108 Å². The molecule has 28 heavy (non-hydrogen) atoms. The third kappa shape index (κ3) is 3.86. The quantitative estimate of drug-likeness (QED) is 0.534. The summed E-state index contributed by atoms with van der Waals surface area (Å²) >= 11 is 1.43. The number of benzene rings is 1. The molecule has 140 valence electrons. The van der Waals surface area contributed by atoms with Crippen LogP contribution in [0.2, 0.25) is 0 Å². The number of hydrogen-bond donors (Lipinski definition) is 1. The zero-order valence-corrected chi connectivity index (χ0v) is 15.6. The van der Waals surface area contributed by atoms with E-state index in [1.54, 1.807) is 25.4 Å². The lowest BCUT2D eigenvalue weighted by atomic mass is 10.2. The Morgan fingerprint density at radius 2 is 2.00 bits per heavy atom. The minimum absolute atomic E-state index is 0.198. The van der Waals surface area contributed by atoms with Crippen molar-refractivity contribution in [3.05, 3.63) is 65.6 Å². The third-order valence-corrected chi connectivity index (χ3v) is 4.78. The molecule has 0 unspecified atom stereocenters. The van der Waals surface area contributed by atoms with E-state index in [1.807, 2.05) is 30.3 Å². The molecular weight excluding hydrogens is 378 g/mol. The number of aromatic nitrogens is 6. The molecule has 0 fully saturated rings. The molecular formula is C18H15N7O2S. The number of ether oxygens (including phenoxy) is 1. The first-order chi connectivity index (χ1) is 13.7. The van der Waals surface area contributed by atoms with Gasteiger partial charge in [-0.2, -0.15) is 0 Å². The van der Waals surface area contributed by atoms with Crippen LogP contribution in [0.5, 0.6) is 5.88 Å². The first kappa shape index (κ1) is 17.7. The van der Waals surface area contributed by atoms with Crippen molar-refractivity contribution in [2.45, 2.75) is 6.54 Å². The molecule has 1 N–H and O–H groups in total. The summed E-state index contributed by atoms with van der Waals surface area (Å²) in [6.07, 6.45) is 3.12. The van der Waals surface area contributed by atoms with Gasteiger partial charge in [0, 0.05) is 11.6 Å². The Hall–Kier alpha value is -3.66. The second-order valence-electron chi connectivity index (χ2n) is 5.66. The molecule has 0 aliphatic carbocycles. The van der Waals surface area contributed by atoms with Gasteiger partial charge in [-0.1, -0.05) is 46.9 Å². The normalized spacial score (nSPS) is 10.6. The SMILES string of the molecule is COc1ccc(-n2cc(C(=O)NCc3nnc(-c4ccccc4)s3)nn2)cn1. The Balaban J connectivity index is 1.39. The molecule has 3 aromatic heterocycles. The lowest BCUT2D eigenvalue weighted by Crippen LogP contribution is -2.23. The van der Waals surface area contributed by atoms with Crippen LogP contribution in [0.15, 0.2) is 54.9 Å². The summed E-state index contributed by atoms with van der Waals surface area (Å²) in [5.41, 5.74) is 1.86. The molecule has 3 heterocycles. The Bertz CT molecular complexity index is 1080. The first-order valence-electron chi connectivity index (χ1n) is 8.32. The van der Waals surface area contributed by atoms with E-state index in [4.69, 9.17) is 4.74 Å². The molecule has 10 heteroatoms. The molecule has 1 aromatic carbocycles. The number of methoxy groups -OCH3 is 1. The summed E-state index contributed by atoms with van der Waals surface area (Å²) < 4.78 is 6.49. The molecule has 1 amide bonds. The average Bonchev–Trinajstić information content (AvgIpc) is 3.43. The lowest BCUT2D eigenvalue weighted by Gasteiger charge is -2.01. The molecule has 4 rings (SSSR count). The first-order valence-corrected chi connectivity index (χ1v) is 9.13. The van der Waals surface area contributed by atoms with Gasteiger partial charge in [0.1, 0.15) is 10.0 Å². The fraction of sp³-hybridized carbons (Fsp3) is 0.111. The van der Waals surface area contributed by atoms with Gasteiger partial charge in [0.05, 0.1) is 31.7 Å². The second-order valence-corrected chi connectivity index (χ2v) is 6.72. The zero-order valence-electron chi connectivity index (χ0n) is 14.8. The highest BCUT2D eigenvalue weighted by Crippen LogP contribution is 2.22. The fourth-order valence-electron chi connectivity index (χ4n) is 2.39. The largest absolute Gasteiger partial charge is 0.481 e. The van der Waals surface area contributed by atoms with Gasteiger partial charge in [0.25, 0.3) is 5.91 Å². The van der Waals surface area contributed by atoms with E-state index in [0.29, 0.717) is 16.6 Å². The number of hydrogen-bond acceptors (Lipinski definition) is 8. The average molecular weight is 393 g/mol. The molecule has 0 saturated heterocycles. The molecule has 0 aliphatic heterocycles. The summed E-state index contributed by atoms with van der Waals surface area (Å²) in [6.45, 7) is 0.264. The third-order valence-electron chi connectivity index (χ3n) is 3.81. The molecule has 0 spiro atoms. The second kappa shape index (κ2) is 7.92. The Morgan fingerprint density at radius 3 is 2.75 bits per heavy atom. The number of nitrogens with one attached hydrogen (secondary N) is 1.